The number of hydrogen-bond acceptors (Lipinski definition) is 2. The van der Waals surface area contributed by atoms with Crippen molar-refractivity contribution in [1.29, 1.82) is 0 Å². The molecule has 0 bridgehead atoms. The zero-order valence-electron chi connectivity index (χ0n) is 34.4. The summed E-state index contributed by atoms with van der Waals surface area (Å²) in [7, 11) is -0.446. The van der Waals surface area contributed by atoms with Crippen LogP contribution in [0.15, 0.2) is 224 Å². The van der Waals surface area contributed by atoms with Crippen LogP contribution in [0.2, 0.25) is 0 Å². The van der Waals surface area contributed by atoms with E-state index in [2.05, 4.69) is 158 Å². The van der Waals surface area contributed by atoms with Gasteiger partial charge >= 0.3 is 50.3 Å². The van der Waals surface area contributed by atoms with E-state index in [1.165, 1.54) is 27.0 Å². The first-order valence-electron chi connectivity index (χ1n) is 20.2. The maximum absolute atomic E-state index is 13.5. The molecule has 4 heteroatoms. The molecule has 0 aliphatic rings. The van der Waals surface area contributed by atoms with Crippen LogP contribution in [0.4, 0.5) is 5.69 Å². The Morgan fingerprint density at radius 3 is 1.47 bits per heavy atom. The van der Waals surface area contributed by atoms with Gasteiger partial charge in [-0.15, -0.1) is 6.58 Å². The largest absolute Gasteiger partial charge is 0.0622 e. The molecule has 0 saturated heterocycles. The van der Waals surface area contributed by atoms with Crippen LogP contribution in [0, 0.1) is 6.92 Å². The Hall–Kier alpha value is -6.11. The second kappa shape index (κ2) is 22.3. The second-order valence-corrected chi connectivity index (χ2v) is 17.3. The van der Waals surface area contributed by atoms with Gasteiger partial charge in [0.05, 0.1) is 5.69 Å². The molecule has 8 aromatic rings. The molecule has 300 valence electrons. The quantitative estimate of drug-likeness (QED) is 0.0585. The van der Waals surface area contributed by atoms with Gasteiger partial charge in [0.1, 0.15) is 0 Å². The van der Waals surface area contributed by atoms with Crippen LogP contribution in [0.1, 0.15) is 42.0 Å². The summed E-state index contributed by atoms with van der Waals surface area (Å²) in [5.74, 6) is 0.305. The number of allylic oxidation sites excluding steroid dienone is 1. The van der Waals surface area contributed by atoms with Crippen LogP contribution in [-0.4, -0.2) is 6.21 Å². The topological polar surface area (TPSA) is 35.4 Å². The molecule has 8 aromatic carbocycles. The normalized spacial score (nSPS) is 10.8. The number of rotatable bonds is 10. The third-order valence-electron chi connectivity index (χ3n) is 9.79. The van der Waals surface area contributed by atoms with Gasteiger partial charge in [-0.25, -0.2) is 0 Å². The summed E-state index contributed by atoms with van der Waals surface area (Å²) in [4.78, 5) is 4.88. The third kappa shape index (κ3) is 12.0. The molecule has 0 N–H and O–H groups in total. The van der Waals surface area contributed by atoms with Gasteiger partial charge in [0.15, 0.2) is 0 Å². The first-order chi connectivity index (χ1) is 29.3. The maximum atomic E-state index is 13.5. The van der Waals surface area contributed by atoms with E-state index in [1.807, 2.05) is 97.1 Å². The zero-order chi connectivity index (χ0) is 42.1. The van der Waals surface area contributed by atoms with E-state index in [0.29, 0.717) is 17.0 Å². The predicted molar refractivity (Wildman–Crippen MR) is 254 cm³/mol. The van der Waals surface area contributed by atoms with E-state index in [9.17, 15) is 5.11 Å². The van der Waals surface area contributed by atoms with Gasteiger partial charge in [0.2, 0.25) is 0 Å². The van der Waals surface area contributed by atoms with Crippen molar-refractivity contribution in [3.63, 3.8) is 0 Å². The minimum atomic E-state index is -0.446. The summed E-state index contributed by atoms with van der Waals surface area (Å²) in [5.41, 5.74) is 8.72. The van der Waals surface area contributed by atoms with Gasteiger partial charge in [-0.2, -0.15) is 0 Å². The minimum absolute atomic E-state index is 0.0124. The number of nitrogens with zero attached hydrogens (tertiary/aromatic N) is 1. The number of benzene rings is 8. The zero-order valence-corrected chi connectivity index (χ0v) is 36.3. The van der Waals surface area contributed by atoms with Gasteiger partial charge in [0, 0.05) is 6.21 Å². The van der Waals surface area contributed by atoms with Gasteiger partial charge in [0.25, 0.3) is 0 Å². The van der Waals surface area contributed by atoms with Crippen molar-refractivity contribution in [2.24, 2.45) is 4.99 Å². The van der Waals surface area contributed by atoms with Crippen molar-refractivity contribution in [3.05, 3.63) is 241 Å². The van der Waals surface area contributed by atoms with Crippen LogP contribution in [-0.2, 0) is 21.9 Å². The molecular weight excluding hydrogens is 792 g/mol. The van der Waals surface area contributed by atoms with Crippen molar-refractivity contribution >= 4 is 40.3 Å². The average Bonchev–Trinajstić information content (AvgIpc) is 3.29. The van der Waals surface area contributed by atoms with Gasteiger partial charge in [-0.05, 0) is 99.7 Å². The van der Waals surface area contributed by atoms with Crippen molar-refractivity contribution in [2.45, 2.75) is 33.1 Å². The van der Waals surface area contributed by atoms with Gasteiger partial charge in [-0.3, -0.25) is 4.99 Å². The molecule has 0 amide bonds. The summed E-state index contributed by atoms with van der Waals surface area (Å²) >= 11 is 4.54. The first kappa shape index (κ1) is 43.5. The monoisotopic (exact) mass is 841 g/mol. The van der Waals surface area contributed by atoms with Crippen LogP contribution < -0.4 is 25.6 Å². The van der Waals surface area contributed by atoms with Crippen LogP contribution in [0.25, 0.3) is 22.3 Å². The van der Waals surface area contributed by atoms with E-state index in [0.717, 1.165) is 38.9 Å². The molecule has 0 aromatic heterocycles. The number of aliphatic imine (C=N–C) groups is 1. The first-order valence-corrected chi connectivity index (χ1v) is 22.0. The Bertz CT molecular complexity index is 2470. The van der Waals surface area contributed by atoms with Crippen molar-refractivity contribution in [1.82, 2.24) is 0 Å². The van der Waals surface area contributed by atoms with Crippen LogP contribution in [0.3, 0.4) is 0 Å². The molecule has 8 rings (SSSR count). The maximum Gasteiger partial charge on any atom is -0.0134 e. The van der Waals surface area contributed by atoms with E-state index >= 15 is 0 Å². The Morgan fingerprint density at radius 1 is 0.583 bits per heavy atom. The molecule has 0 fully saturated rings. The summed E-state index contributed by atoms with van der Waals surface area (Å²) in [6.07, 6.45) is 4.49. The van der Waals surface area contributed by atoms with Crippen molar-refractivity contribution in [3.8, 4) is 28.0 Å². The third-order valence-corrected chi connectivity index (χ3v) is 12.6. The number of hydrogen-bond donors (Lipinski definition) is 0. The molecule has 0 spiro atoms. The van der Waals surface area contributed by atoms with Crippen molar-refractivity contribution < 1.29 is 20.6 Å². The molecule has 0 heterocycles. The average molecular weight is 843 g/mol. The summed E-state index contributed by atoms with van der Waals surface area (Å²) < 4.78 is 0.947. The summed E-state index contributed by atoms with van der Waals surface area (Å²) in [6.45, 7) is 10.3. The minimum Gasteiger partial charge on any atom is -0.0622 e. The molecule has 0 atom stereocenters. The second-order valence-electron chi connectivity index (χ2n) is 14.5. The molecular formula is C56H50NNiOP. The summed E-state index contributed by atoms with van der Waals surface area (Å²) in [5, 5.41) is 17.7. The Morgan fingerprint density at radius 2 is 1.03 bits per heavy atom. The fraction of sp³-hybridized carbons (Fsp3) is 0.0893. The molecule has 0 unspecified atom stereocenters. The smallest absolute Gasteiger partial charge is 0.0134 e. The Labute approximate surface area is 366 Å². The number of aryl methyl sites for hydroxylation is 1. The van der Waals surface area contributed by atoms with Crippen molar-refractivity contribution in [2.75, 3.05) is 0 Å². The molecule has 0 radical (unpaired) electrons. The van der Waals surface area contributed by atoms with E-state index in [-0.39, 0.29) is 5.75 Å². The van der Waals surface area contributed by atoms with E-state index in [1.54, 1.807) is 6.21 Å². The fourth-order valence-corrected chi connectivity index (χ4v) is 9.37. The predicted octanol–water partition coefficient (Wildman–Crippen LogP) is 12.3. The van der Waals surface area contributed by atoms with Gasteiger partial charge < -0.3 is 5.11 Å². The Kier molecular flexibility index (Phi) is 16.2. The fourth-order valence-electron chi connectivity index (χ4n) is 6.88. The van der Waals surface area contributed by atoms with Gasteiger partial charge in [-0.1, -0.05) is 189 Å². The van der Waals surface area contributed by atoms with Crippen LogP contribution in [0.5, 0.6) is 5.75 Å². The molecule has 2 nitrogen and oxygen atoms in total. The van der Waals surface area contributed by atoms with E-state index < -0.39 is 7.92 Å². The SMILES string of the molecule is C=CCc1cc(C)c(N=Cc2cc(-c3ccccc3)cc(-c3ccccc3)c2[O-])c(C(C)C)c1.[Ni+][c]1ccccc1.c1ccc(P(c2ccccc2)c2ccccc2)cc1. The van der Waals surface area contributed by atoms with E-state index in [4.69, 9.17) is 4.99 Å². The summed E-state index contributed by atoms with van der Waals surface area (Å²) in [6, 6.07) is 70.3. The molecule has 0 aliphatic heterocycles. The molecule has 0 aliphatic carbocycles. The standard InChI is InChI=1S/C32H31NO.C18H15P.C6H5.Ni/c1-5-12-24-17-23(4)31(29(18-24)22(2)3)33-21-28-19-27(25-13-8-6-9-14-25)20-30(32(28)34)26-15-10-7-11-16-26;1-4-10-16(11-5-1)19(17-12-6-2-7-13-17)18-14-8-3-9-15-18;1-2-4-6-5-3-1;/h5-11,13-22,34H,1,12H2,2-4H3;1-15H;1-5H;/q;;;+1/p-1. The Balaban J connectivity index is 0.000000192. The molecule has 60 heavy (non-hydrogen) atoms. The van der Waals surface area contributed by atoms with Crippen LogP contribution >= 0.6 is 7.92 Å². The molecule has 0 saturated carbocycles.